The van der Waals surface area contributed by atoms with Crippen molar-refractivity contribution in [3.63, 3.8) is 0 Å². The third-order valence-corrected chi connectivity index (χ3v) is 2.80. The molecule has 0 saturated carbocycles. The van der Waals surface area contributed by atoms with Crippen molar-refractivity contribution in [2.45, 2.75) is 26.2 Å². The van der Waals surface area contributed by atoms with Crippen LogP contribution in [-0.4, -0.2) is 30.0 Å². The fourth-order valence-electron chi connectivity index (χ4n) is 1.59. The van der Waals surface area contributed by atoms with E-state index in [0.717, 1.165) is 12.0 Å². The van der Waals surface area contributed by atoms with Crippen molar-refractivity contribution >= 4 is 11.6 Å². The van der Waals surface area contributed by atoms with E-state index in [-0.39, 0.29) is 18.9 Å². The zero-order valence-electron chi connectivity index (χ0n) is 12.0. The van der Waals surface area contributed by atoms with Gasteiger partial charge in [-0.2, -0.15) is 5.26 Å². The molecule has 21 heavy (non-hydrogen) atoms. The van der Waals surface area contributed by atoms with Crippen molar-refractivity contribution in [1.82, 2.24) is 5.32 Å². The van der Waals surface area contributed by atoms with Crippen molar-refractivity contribution in [2.24, 2.45) is 5.16 Å². The Labute approximate surface area is 124 Å². The van der Waals surface area contributed by atoms with E-state index in [1.54, 1.807) is 19.1 Å². The maximum atomic E-state index is 11.4. The molecule has 1 amide bonds. The lowest BCUT2D eigenvalue weighted by Gasteiger charge is -2.07. The van der Waals surface area contributed by atoms with E-state index in [2.05, 4.69) is 10.5 Å². The predicted octanol–water partition coefficient (Wildman–Crippen LogP) is 1.88. The molecule has 6 nitrogen and oxygen atoms in total. The number of carbonyl (C=O) groups excluding carboxylic acids is 1. The highest BCUT2D eigenvalue weighted by Crippen LogP contribution is 2.13. The highest BCUT2D eigenvalue weighted by molar-refractivity contribution is 5.81. The second-order valence-corrected chi connectivity index (χ2v) is 4.53. The predicted molar refractivity (Wildman–Crippen MR) is 78.4 cm³/mol. The molecule has 0 aromatic heterocycles. The summed E-state index contributed by atoms with van der Waals surface area (Å²) in [5.41, 5.74) is 1.79. The molecule has 112 valence electrons. The van der Waals surface area contributed by atoms with E-state index in [1.807, 2.05) is 18.2 Å². The van der Waals surface area contributed by atoms with Crippen LogP contribution in [-0.2, 0) is 11.2 Å². The van der Waals surface area contributed by atoms with E-state index in [4.69, 9.17) is 15.2 Å². The molecule has 0 aliphatic rings. The molecule has 2 N–H and O–H groups in total. The van der Waals surface area contributed by atoms with Gasteiger partial charge in [-0.25, -0.2) is 0 Å². The molecule has 0 atom stereocenters. The molecule has 6 heteroatoms. The minimum atomic E-state index is -0.246. The Morgan fingerprint density at radius 3 is 2.76 bits per heavy atom. The Morgan fingerprint density at radius 1 is 1.43 bits per heavy atom. The maximum absolute atomic E-state index is 11.4. The number of nitrogens with zero attached hydrogens (tertiary/aromatic N) is 2. The van der Waals surface area contributed by atoms with Crippen molar-refractivity contribution in [1.29, 1.82) is 5.26 Å². The standard InChI is InChI=1S/C15H19N3O3/c1-12(18-20)3-4-13-5-7-14(8-6-13)21-11-15(19)17-10-2-9-16/h5-8,20H,2-4,10-11H2,1H3,(H,17,19)/b18-12+. The number of benzene rings is 1. The van der Waals surface area contributed by atoms with Crippen LogP contribution in [0.15, 0.2) is 29.4 Å². The van der Waals surface area contributed by atoms with Gasteiger partial charge in [-0.05, 0) is 37.5 Å². The third-order valence-electron chi connectivity index (χ3n) is 2.80. The Morgan fingerprint density at radius 2 is 2.14 bits per heavy atom. The molecule has 0 aliphatic heterocycles. The number of rotatable bonds is 8. The van der Waals surface area contributed by atoms with Gasteiger partial charge in [0.15, 0.2) is 6.61 Å². The molecule has 1 aromatic carbocycles. The zero-order chi connectivity index (χ0) is 15.5. The van der Waals surface area contributed by atoms with Gasteiger partial charge >= 0.3 is 0 Å². The maximum Gasteiger partial charge on any atom is 0.257 e. The van der Waals surface area contributed by atoms with Crippen molar-refractivity contribution in [3.8, 4) is 11.8 Å². The number of hydrogen-bond donors (Lipinski definition) is 2. The smallest absolute Gasteiger partial charge is 0.257 e. The lowest BCUT2D eigenvalue weighted by Crippen LogP contribution is -2.29. The van der Waals surface area contributed by atoms with Crippen LogP contribution in [0.1, 0.15) is 25.3 Å². The summed E-state index contributed by atoms with van der Waals surface area (Å²) in [5, 5.41) is 22.6. The van der Waals surface area contributed by atoms with Gasteiger partial charge in [-0.3, -0.25) is 4.79 Å². The molecule has 0 bridgehead atoms. The molecule has 0 radical (unpaired) electrons. The number of aryl methyl sites for hydroxylation is 1. The summed E-state index contributed by atoms with van der Waals surface area (Å²) in [6.45, 7) is 2.03. The Kier molecular flexibility index (Phi) is 7.36. The molecular formula is C15H19N3O3. The van der Waals surface area contributed by atoms with Gasteiger partial charge in [0, 0.05) is 6.54 Å². The van der Waals surface area contributed by atoms with Crippen LogP contribution < -0.4 is 10.1 Å². The van der Waals surface area contributed by atoms with Crippen molar-refractivity contribution in [3.05, 3.63) is 29.8 Å². The molecule has 0 spiro atoms. The monoisotopic (exact) mass is 289 g/mol. The largest absolute Gasteiger partial charge is 0.484 e. The minimum Gasteiger partial charge on any atom is -0.484 e. The molecule has 0 fully saturated rings. The lowest BCUT2D eigenvalue weighted by molar-refractivity contribution is -0.123. The van der Waals surface area contributed by atoms with E-state index in [0.29, 0.717) is 24.4 Å². The zero-order valence-corrected chi connectivity index (χ0v) is 12.0. The Bertz CT molecular complexity index is 518. The second kappa shape index (κ2) is 9.37. The second-order valence-electron chi connectivity index (χ2n) is 4.53. The van der Waals surface area contributed by atoms with Gasteiger partial charge in [0.05, 0.1) is 18.2 Å². The van der Waals surface area contributed by atoms with Gasteiger partial charge in [0.2, 0.25) is 0 Å². The van der Waals surface area contributed by atoms with Gasteiger partial charge in [-0.1, -0.05) is 17.3 Å². The van der Waals surface area contributed by atoms with Crippen LogP contribution in [0.4, 0.5) is 0 Å². The minimum absolute atomic E-state index is 0.0684. The number of nitrogens with one attached hydrogen (secondary N) is 1. The van der Waals surface area contributed by atoms with Crippen LogP contribution in [0.3, 0.4) is 0 Å². The molecular weight excluding hydrogens is 270 g/mol. The average molecular weight is 289 g/mol. The van der Waals surface area contributed by atoms with Crippen LogP contribution >= 0.6 is 0 Å². The normalized spacial score (nSPS) is 10.8. The highest BCUT2D eigenvalue weighted by atomic mass is 16.5. The van der Waals surface area contributed by atoms with Crippen LogP contribution in [0.2, 0.25) is 0 Å². The van der Waals surface area contributed by atoms with E-state index in [1.165, 1.54) is 0 Å². The number of oxime groups is 1. The summed E-state index contributed by atoms with van der Waals surface area (Å²) in [6, 6.07) is 9.36. The summed E-state index contributed by atoms with van der Waals surface area (Å²) in [4.78, 5) is 11.4. The Hall–Kier alpha value is -2.55. The van der Waals surface area contributed by atoms with E-state index >= 15 is 0 Å². The first-order chi connectivity index (χ1) is 10.2. The van der Waals surface area contributed by atoms with Gasteiger partial charge < -0.3 is 15.3 Å². The number of nitriles is 1. The van der Waals surface area contributed by atoms with Crippen LogP contribution in [0.25, 0.3) is 0 Å². The van der Waals surface area contributed by atoms with E-state index < -0.39 is 0 Å². The van der Waals surface area contributed by atoms with Crippen molar-refractivity contribution in [2.75, 3.05) is 13.2 Å². The SMILES string of the molecule is C/C(CCc1ccc(OCC(=O)NCCC#N)cc1)=N\O. The lowest BCUT2D eigenvalue weighted by atomic mass is 10.1. The summed E-state index contributed by atoms with van der Waals surface area (Å²) < 4.78 is 5.34. The fraction of sp³-hybridized carbons (Fsp3) is 0.400. The summed E-state index contributed by atoms with van der Waals surface area (Å²) >= 11 is 0. The summed E-state index contributed by atoms with van der Waals surface area (Å²) in [5.74, 6) is 0.367. The van der Waals surface area contributed by atoms with Gasteiger partial charge in [-0.15, -0.1) is 0 Å². The van der Waals surface area contributed by atoms with E-state index in [9.17, 15) is 4.79 Å². The van der Waals surface area contributed by atoms with Crippen LogP contribution in [0, 0.1) is 11.3 Å². The fourth-order valence-corrected chi connectivity index (χ4v) is 1.59. The quantitative estimate of drug-likeness (QED) is 0.330. The molecule has 0 saturated heterocycles. The van der Waals surface area contributed by atoms with Gasteiger partial charge in [0.1, 0.15) is 5.75 Å². The number of ether oxygens (including phenoxy) is 1. The highest BCUT2D eigenvalue weighted by Gasteiger charge is 2.02. The summed E-state index contributed by atoms with van der Waals surface area (Å²) in [6.07, 6.45) is 1.76. The average Bonchev–Trinajstić information content (AvgIpc) is 2.51. The first-order valence-corrected chi connectivity index (χ1v) is 6.68. The number of carbonyl (C=O) groups is 1. The number of amides is 1. The first kappa shape index (κ1) is 16.5. The molecule has 0 aliphatic carbocycles. The van der Waals surface area contributed by atoms with Crippen LogP contribution in [0.5, 0.6) is 5.75 Å². The molecule has 1 rings (SSSR count). The molecule has 0 unspecified atom stereocenters. The van der Waals surface area contributed by atoms with Gasteiger partial charge in [0.25, 0.3) is 5.91 Å². The first-order valence-electron chi connectivity index (χ1n) is 6.68. The Balaban J connectivity index is 2.34. The topological polar surface area (TPSA) is 94.7 Å². The molecule has 1 aromatic rings. The van der Waals surface area contributed by atoms with Crippen molar-refractivity contribution < 1.29 is 14.7 Å². The molecule has 0 heterocycles. The summed E-state index contributed by atoms with van der Waals surface area (Å²) in [7, 11) is 0. The third kappa shape index (κ3) is 6.97. The number of hydrogen-bond acceptors (Lipinski definition) is 5.